The number of methoxy groups -OCH3 is 2. The van der Waals surface area contributed by atoms with Gasteiger partial charge in [-0.15, -0.1) is 0 Å². The summed E-state index contributed by atoms with van der Waals surface area (Å²) in [6.45, 7) is 3.15. The Morgan fingerprint density at radius 1 is 1.42 bits per heavy atom. The molecule has 0 bridgehead atoms. The van der Waals surface area contributed by atoms with Crippen molar-refractivity contribution in [1.29, 1.82) is 0 Å². The van der Waals surface area contributed by atoms with Gasteiger partial charge in [0.05, 0.1) is 0 Å². The molecule has 0 saturated carbocycles. The summed E-state index contributed by atoms with van der Waals surface area (Å²) in [6.07, 6.45) is 1.16. The first kappa shape index (κ1) is 12.1. The summed E-state index contributed by atoms with van der Waals surface area (Å²) >= 11 is 0. The van der Waals surface area contributed by atoms with E-state index in [-0.39, 0.29) is 0 Å². The van der Waals surface area contributed by atoms with E-state index in [1.165, 1.54) is 20.9 Å². The molecule has 4 nitrogen and oxygen atoms in total. The maximum atomic E-state index is 11.4. The SMILES string of the molecule is CCCC(OC)(OC)P(C)(=O)O. The van der Waals surface area contributed by atoms with Gasteiger partial charge in [-0.2, -0.15) is 0 Å². The third-order valence-electron chi connectivity index (χ3n) is 1.84. The Labute approximate surface area is 73.3 Å². The van der Waals surface area contributed by atoms with Crippen LogP contribution < -0.4 is 0 Å². The molecule has 12 heavy (non-hydrogen) atoms. The molecule has 0 aromatic rings. The second-order valence-corrected chi connectivity index (χ2v) is 5.19. The highest BCUT2D eigenvalue weighted by atomic mass is 31.2. The lowest BCUT2D eigenvalue weighted by Crippen LogP contribution is -2.33. The van der Waals surface area contributed by atoms with Crippen LogP contribution in [0.5, 0.6) is 0 Å². The Balaban J connectivity index is 4.70. The third kappa shape index (κ3) is 2.30. The van der Waals surface area contributed by atoms with E-state index in [4.69, 9.17) is 9.47 Å². The van der Waals surface area contributed by atoms with Crippen molar-refractivity contribution in [2.75, 3.05) is 20.9 Å². The lowest BCUT2D eigenvalue weighted by atomic mass is 10.3. The second-order valence-electron chi connectivity index (χ2n) is 2.75. The van der Waals surface area contributed by atoms with Gasteiger partial charge < -0.3 is 14.4 Å². The summed E-state index contributed by atoms with van der Waals surface area (Å²) in [7, 11) is -0.607. The summed E-state index contributed by atoms with van der Waals surface area (Å²) in [5.74, 6) is 0. The summed E-state index contributed by atoms with van der Waals surface area (Å²) in [6, 6.07) is 0. The van der Waals surface area contributed by atoms with E-state index in [9.17, 15) is 9.46 Å². The topological polar surface area (TPSA) is 55.8 Å². The zero-order chi connectivity index (χ0) is 9.83. The van der Waals surface area contributed by atoms with Gasteiger partial charge in [0.25, 0.3) is 7.37 Å². The molecule has 0 aromatic carbocycles. The minimum atomic E-state index is -3.37. The number of ether oxygens (including phenoxy) is 2. The molecule has 0 spiro atoms. The smallest absolute Gasteiger partial charge is 0.255 e. The van der Waals surface area contributed by atoms with Gasteiger partial charge in [-0.05, 0) is 0 Å². The molecule has 0 aliphatic carbocycles. The van der Waals surface area contributed by atoms with Gasteiger partial charge in [-0.25, -0.2) is 0 Å². The van der Waals surface area contributed by atoms with Crippen LogP contribution >= 0.6 is 7.37 Å². The van der Waals surface area contributed by atoms with Crippen LogP contribution in [0.4, 0.5) is 0 Å². The second kappa shape index (κ2) is 4.38. The zero-order valence-electron chi connectivity index (χ0n) is 8.03. The van der Waals surface area contributed by atoms with Crippen LogP contribution in [0.15, 0.2) is 0 Å². The van der Waals surface area contributed by atoms with E-state index < -0.39 is 12.9 Å². The van der Waals surface area contributed by atoms with Crippen LogP contribution in [0.2, 0.25) is 0 Å². The lowest BCUT2D eigenvalue weighted by Gasteiger charge is -2.32. The summed E-state index contributed by atoms with van der Waals surface area (Å²) < 4.78 is 21.3. The molecular formula is C7H17O4P. The first-order valence-electron chi connectivity index (χ1n) is 3.84. The highest BCUT2D eigenvalue weighted by Crippen LogP contribution is 2.54. The molecule has 1 unspecified atom stereocenters. The maximum absolute atomic E-state index is 11.4. The Bertz CT molecular complexity index is 170. The molecule has 74 valence electrons. The van der Waals surface area contributed by atoms with E-state index in [1.807, 2.05) is 6.92 Å². The van der Waals surface area contributed by atoms with Crippen molar-refractivity contribution in [2.45, 2.75) is 25.3 Å². The number of hydrogen-bond acceptors (Lipinski definition) is 3. The molecule has 0 heterocycles. The van der Waals surface area contributed by atoms with E-state index in [1.54, 1.807) is 0 Å². The van der Waals surface area contributed by atoms with Gasteiger partial charge in [0.1, 0.15) is 0 Å². The minimum Gasteiger partial charge on any atom is -0.345 e. The van der Waals surface area contributed by atoms with E-state index in [0.717, 1.165) is 6.42 Å². The first-order chi connectivity index (χ1) is 5.43. The molecule has 1 atom stereocenters. The van der Waals surface area contributed by atoms with Crippen LogP contribution in [0.1, 0.15) is 19.8 Å². The fourth-order valence-corrected chi connectivity index (χ4v) is 2.47. The fraction of sp³-hybridized carbons (Fsp3) is 1.00. The molecule has 0 aromatic heterocycles. The van der Waals surface area contributed by atoms with Gasteiger partial charge in [0, 0.05) is 27.3 Å². The molecule has 0 aliphatic rings. The first-order valence-corrected chi connectivity index (χ1v) is 5.95. The average Bonchev–Trinajstić information content (AvgIpc) is 1.98. The molecule has 0 amide bonds. The highest BCUT2D eigenvalue weighted by molar-refractivity contribution is 7.58. The third-order valence-corrected chi connectivity index (χ3v) is 3.69. The van der Waals surface area contributed by atoms with Crippen LogP contribution in [0.25, 0.3) is 0 Å². The van der Waals surface area contributed by atoms with Crippen molar-refractivity contribution in [3.63, 3.8) is 0 Å². The molecular weight excluding hydrogens is 179 g/mol. The Hall–Kier alpha value is 0.110. The van der Waals surface area contributed by atoms with E-state index in [0.29, 0.717) is 6.42 Å². The van der Waals surface area contributed by atoms with Gasteiger partial charge in [0.2, 0.25) is 5.53 Å². The van der Waals surface area contributed by atoms with Crippen molar-refractivity contribution in [3.05, 3.63) is 0 Å². The van der Waals surface area contributed by atoms with Crippen molar-refractivity contribution >= 4 is 7.37 Å². The predicted octanol–water partition coefficient (Wildman–Crippen LogP) is 1.63. The van der Waals surface area contributed by atoms with Crippen molar-refractivity contribution in [1.82, 2.24) is 0 Å². The minimum absolute atomic E-state index is 0.421. The largest absolute Gasteiger partial charge is 0.345 e. The van der Waals surface area contributed by atoms with Gasteiger partial charge in [0.15, 0.2) is 0 Å². The Kier molecular flexibility index (Phi) is 4.42. The van der Waals surface area contributed by atoms with Crippen LogP contribution in [-0.2, 0) is 14.0 Å². The van der Waals surface area contributed by atoms with Crippen LogP contribution in [-0.4, -0.2) is 31.3 Å². The summed E-state index contributed by atoms with van der Waals surface area (Å²) in [5, 5.41) is 0. The van der Waals surface area contributed by atoms with Crippen molar-refractivity contribution in [3.8, 4) is 0 Å². The normalized spacial score (nSPS) is 17.4. The number of hydrogen-bond donors (Lipinski definition) is 1. The van der Waals surface area contributed by atoms with Gasteiger partial charge in [-0.1, -0.05) is 13.3 Å². The molecule has 5 heteroatoms. The van der Waals surface area contributed by atoms with Gasteiger partial charge in [-0.3, -0.25) is 4.57 Å². The Morgan fingerprint density at radius 2 is 1.83 bits per heavy atom. The summed E-state index contributed by atoms with van der Waals surface area (Å²) in [5.41, 5.74) is -1.32. The quantitative estimate of drug-likeness (QED) is 0.536. The lowest BCUT2D eigenvalue weighted by molar-refractivity contribution is -0.152. The molecule has 1 N–H and O–H groups in total. The molecule has 0 radical (unpaired) electrons. The average molecular weight is 196 g/mol. The fourth-order valence-electron chi connectivity index (χ4n) is 1.15. The van der Waals surface area contributed by atoms with Crippen molar-refractivity contribution < 1.29 is 18.9 Å². The monoisotopic (exact) mass is 196 g/mol. The van der Waals surface area contributed by atoms with Crippen LogP contribution in [0, 0.1) is 0 Å². The highest BCUT2D eigenvalue weighted by Gasteiger charge is 2.44. The van der Waals surface area contributed by atoms with E-state index in [2.05, 4.69) is 0 Å². The summed E-state index contributed by atoms with van der Waals surface area (Å²) in [4.78, 5) is 9.36. The van der Waals surface area contributed by atoms with E-state index >= 15 is 0 Å². The predicted molar refractivity (Wildman–Crippen MR) is 47.4 cm³/mol. The number of rotatable bonds is 5. The Morgan fingerprint density at radius 3 is 1.92 bits per heavy atom. The van der Waals surface area contributed by atoms with Gasteiger partial charge >= 0.3 is 0 Å². The molecule has 0 aliphatic heterocycles. The maximum Gasteiger partial charge on any atom is 0.255 e. The standard InChI is InChI=1S/C7H17O4P/c1-5-6-7(10-2,11-3)12(4,8)9/h5-6H2,1-4H3,(H,8,9). The molecule has 0 saturated heterocycles. The van der Waals surface area contributed by atoms with Crippen molar-refractivity contribution in [2.24, 2.45) is 0 Å². The molecule has 0 rings (SSSR count). The van der Waals surface area contributed by atoms with Crippen LogP contribution in [0.3, 0.4) is 0 Å². The molecule has 0 fully saturated rings. The zero-order valence-corrected chi connectivity index (χ0v) is 8.93.